The molecule has 0 aromatic heterocycles. The number of hydrogen-bond donors (Lipinski definition) is 1. The van der Waals surface area contributed by atoms with E-state index in [0.717, 1.165) is 23.0 Å². The molecule has 0 heterocycles. The molecule has 3 aromatic carbocycles. The maximum absolute atomic E-state index is 12.3. The normalized spacial score (nSPS) is 13.2. The highest BCUT2D eigenvalue weighted by molar-refractivity contribution is 5.79. The number of amides is 1. The number of rotatable bonds is 7. The van der Waals surface area contributed by atoms with E-state index < -0.39 is 12.1 Å². The fourth-order valence-corrected chi connectivity index (χ4v) is 3.93. The molecule has 1 atom stereocenters. The van der Waals surface area contributed by atoms with Crippen LogP contribution in [0, 0.1) is 0 Å². The average molecular weight is 385 g/mol. The van der Waals surface area contributed by atoms with Gasteiger partial charge in [0.15, 0.2) is 0 Å². The topological polar surface area (TPSA) is 55.4 Å². The van der Waals surface area contributed by atoms with Crippen molar-refractivity contribution >= 4 is 12.4 Å². The number of benzene rings is 3. The number of aryl methyl sites for hydroxylation is 1. The Kier molecular flexibility index (Phi) is 5.71. The molecule has 4 rings (SSSR count). The number of alkyl carbamates (subject to hydrolysis) is 1. The van der Waals surface area contributed by atoms with E-state index in [1.54, 1.807) is 0 Å². The van der Waals surface area contributed by atoms with Crippen molar-refractivity contribution < 1.29 is 14.3 Å². The van der Waals surface area contributed by atoms with Gasteiger partial charge in [-0.2, -0.15) is 0 Å². The number of aldehydes is 1. The second-order valence-electron chi connectivity index (χ2n) is 7.24. The van der Waals surface area contributed by atoms with E-state index in [1.807, 2.05) is 54.6 Å². The van der Waals surface area contributed by atoms with Crippen molar-refractivity contribution in [2.75, 3.05) is 6.61 Å². The van der Waals surface area contributed by atoms with Gasteiger partial charge < -0.3 is 14.8 Å². The molecule has 1 amide bonds. The quantitative estimate of drug-likeness (QED) is 0.599. The molecule has 0 bridgehead atoms. The molecule has 1 N–H and O–H groups in total. The molecule has 29 heavy (non-hydrogen) atoms. The number of nitrogens with one attached hydrogen (secondary N) is 1. The number of fused-ring (bicyclic) bond motifs is 3. The Hall–Kier alpha value is -3.40. The molecule has 0 radical (unpaired) electrons. The maximum Gasteiger partial charge on any atom is 0.407 e. The Morgan fingerprint density at radius 3 is 2.10 bits per heavy atom. The fourth-order valence-electron chi connectivity index (χ4n) is 3.93. The van der Waals surface area contributed by atoms with Gasteiger partial charge in [-0.3, -0.25) is 0 Å². The average Bonchev–Trinajstić information content (AvgIpc) is 3.09. The first-order chi connectivity index (χ1) is 14.3. The van der Waals surface area contributed by atoms with Crippen LogP contribution in [0.5, 0.6) is 0 Å². The Balaban J connectivity index is 1.36. The fraction of sp³-hybridized carbons (Fsp3) is 0.200. The largest absolute Gasteiger partial charge is 0.449 e. The highest BCUT2D eigenvalue weighted by Crippen LogP contribution is 2.44. The molecular weight excluding hydrogens is 362 g/mol. The monoisotopic (exact) mass is 385 g/mol. The van der Waals surface area contributed by atoms with Crippen molar-refractivity contribution in [3.05, 3.63) is 95.6 Å². The van der Waals surface area contributed by atoms with E-state index >= 15 is 0 Å². The summed E-state index contributed by atoms with van der Waals surface area (Å²) in [6.07, 6.45) is 1.47. The van der Waals surface area contributed by atoms with Gasteiger partial charge in [0.05, 0.1) is 6.04 Å². The summed E-state index contributed by atoms with van der Waals surface area (Å²) in [5.74, 6) is 0.00662. The van der Waals surface area contributed by atoms with Crippen LogP contribution in [0.2, 0.25) is 0 Å². The molecule has 0 fully saturated rings. The van der Waals surface area contributed by atoms with Crippen molar-refractivity contribution in [2.45, 2.75) is 24.8 Å². The summed E-state index contributed by atoms with van der Waals surface area (Å²) in [7, 11) is 0. The van der Waals surface area contributed by atoms with Gasteiger partial charge in [-0.05, 0) is 40.7 Å². The van der Waals surface area contributed by atoms with E-state index in [2.05, 4.69) is 29.6 Å². The molecule has 0 aliphatic heterocycles. The standard InChI is InChI=1S/C25H23NO3/c27-16-19(15-14-18-8-2-1-3-9-18)26-25(28)29-17-24-22-12-6-4-10-20(22)21-11-5-7-13-23(21)24/h1-13,16,19,24H,14-15,17H2,(H,26,28)/t19-/m0/s1. The SMILES string of the molecule is O=C[C@H](CCc1ccccc1)NC(=O)OCC1c2ccccc2-c2ccccc21. The number of ether oxygens (including phenoxy) is 1. The minimum atomic E-state index is -0.564. The third kappa shape index (κ3) is 4.21. The van der Waals surface area contributed by atoms with Gasteiger partial charge in [-0.15, -0.1) is 0 Å². The molecule has 0 spiro atoms. The lowest BCUT2D eigenvalue weighted by atomic mass is 9.98. The molecule has 4 nitrogen and oxygen atoms in total. The van der Waals surface area contributed by atoms with Crippen molar-refractivity contribution in [1.29, 1.82) is 0 Å². The first-order valence-electron chi connectivity index (χ1n) is 9.87. The van der Waals surface area contributed by atoms with E-state index in [1.165, 1.54) is 11.1 Å². The zero-order valence-corrected chi connectivity index (χ0v) is 16.1. The predicted molar refractivity (Wildman–Crippen MR) is 113 cm³/mol. The molecular formula is C25H23NO3. The van der Waals surface area contributed by atoms with Gasteiger partial charge in [-0.25, -0.2) is 4.79 Å². The van der Waals surface area contributed by atoms with Crippen LogP contribution in [0.15, 0.2) is 78.9 Å². The Labute approximate surface area is 170 Å². The highest BCUT2D eigenvalue weighted by Gasteiger charge is 2.29. The van der Waals surface area contributed by atoms with Crippen LogP contribution in [-0.2, 0) is 16.0 Å². The Morgan fingerprint density at radius 1 is 0.897 bits per heavy atom. The van der Waals surface area contributed by atoms with Gasteiger partial charge in [0.2, 0.25) is 0 Å². The van der Waals surface area contributed by atoms with Crippen molar-refractivity contribution in [2.24, 2.45) is 0 Å². The number of hydrogen-bond acceptors (Lipinski definition) is 3. The highest BCUT2D eigenvalue weighted by atomic mass is 16.5. The van der Waals surface area contributed by atoms with Crippen molar-refractivity contribution in [1.82, 2.24) is 5.32 Å². The Bertz CT molecular complexity index is 954. The summed E-state index contributed by atoms with van der Waals surface area (Å²) >= 11 is 0. The smallest absolute Gasteiger partial charge is 0.407 e. The number of carbonyl (C=O) groups excluding carboxylic acids is 2. The van der Waals surface area contributed by atoms with E-state index in [-0.39, 0.29) is 12.5 Å². The summed E-state index contributed by atoms with van der Waals surface area (Å²) < 4.78 is 5.52. The molecule has 4 heteroatoms. The van der Waals surface area contributed by atoms with E-state index in [9.17, 15) is 9.59 Å². The van der Waals surface area contributed by atoms with Gasteiger partial charge in [0.25, 0.3) is 0 Å². The zero-order chi connectivity index (χ0) is 20.1. The van der Waals surface area contributed by atoms with Crippen LogP contribution in [-0.4, -0.2) is 25.0 Å². The lowest BCUT2D eigenvalue weighted by Crippen LogP contribution is -2.37. The summed E-state index contributed by atoms with van der Waals surface area (Å²) in [5.41, 5.74) is 5.83. The second-order valence-corrected chi connectivity index (χ2v) is 7.24. The summed E-state index contributed by atoms with van der Waals surface area (Å²) in [6.45, 7) is 0.240. The summed E-state index contributed by atoms with van der Waals surface area (Å²) in [6, 6.07) is 25.7. The summed E-state index contributed by atoms with van der Waals surface area (Å²) in [5, 5.41) is 2.68. The van der Waals surface area contributed by atoms with Crippen molar-refractivity contribution in [3.63, 3.8) is 0 Å². The molecule has 1 aliphatic carbocycles. The second kappa shape index (κ2) is 8.74. The van der Waals surface area contributed by atoms with Crippen LogP contribution < -0.4 is 5.32 Å². The lowest BCUT2D eigenvalue weighted by molar-refractivity contribution is -0.109. The molecule has 3 aromatic rings. The van der Waals surface area contributed by atoms with Crippen LogP contribution in [0.25, 0.3) is 11.1 Å². The minimum absolute atomic E-state index is 0.00662. The first kappa shape index (κ1) is 18.9. The van der Waals surface area contributed by atoms with Crippen LogP contribution in [0.4, 0.5) is 4.79 Å². The minimum Gasteiger partial charge on any atom is -0.449 e. The van der Waals surface area contributed by atoms with E-state index in [4.69, 9.17) is 4.74 Å². The lowest BCUT2D eigenvalue weighted by Gasteiger charge is -2.16. The molecule has 0 saturated carbocycles. The Morgan fingerprint density at radius 2 is 1.48 bits per heavy atom. The zero-order valence-electron chi connectivity index (χ0n) is 16.1. The third-order valence-corrected chi connectivity index (χ3v) is 5.40. The number of carbonyl (C=O) groups is 2. The van der Waals surface area contributed by atoms with E-state index in [0.29, 0.717) is 12.8 Å². The maximum atomic E-state index is 12.3. The molecule has 0 unspecified atom stereocenters. The van der Waals surface area contributed by atoms with Gasteiger partial charge >= 0.3 is 6.09 Å². The van der Waals surface area contributed by atoms with Gasteiger partial charge in [0.1, 0.15) is 12.9 Å². The first-order valence-corrected chi connectivity index (χ1v) is 9.87. The third-order valence-electron chi connectivity index (χ3n) is 5.40. The van der Waals surface area contributed by atoms with Crippen LogP contribution in [0.3, 0.4) is 0 Å². The van der Waals surface area contributed by atoms with Gasteiger partial charge in [-0.1, -0.05) is 78.9 Å². The van der Waals surface area contributed by atoms with Crippen LogP contribution in [0.1, 0.15) is 29.0 Å². The molecule has 146 valence electrons. The van der Waals surface area contributed by atoms with Crippen LogP contribution >= 0.6 is 0 Å². The predicted octanol–water partition coefficient (Wildman–Crippen LogP) is 4.73. The van der Waals surface area contributed by atoms with Crippen molar-refractivity contribution in [3.8, 4) is 11.1 Å². The molecule has 1 aliphatic rings. The molecule has 0 saturated heterocycles. The van der Waals surface area contributed by atoms with Gasteiger partial charge in [0, 0.05) is 5.92 Å². The summed E-state index contributed by atoms with van der Waals surface area (Å²) in [4.78, 5) is 23.7.